The summed E-state index contributed by atoms with van der Waals surface area (Å²) in [6.07, 6.45) is 0.786. The van der Waals surface area contributed by atoms with E-state index < -0.39 is 29.1 Å². The predicted molar refractivity (Wildman–Crippen MR) is 157 cm³/mol. The van der Waals surface area contributed by atoms with E-state index in [9.17, 15) is 23.1 Å². The summed E-state index contributed by atoms with van der Waals surface area (Å²) < 4.78 is 47.5. The molecule has 2 aromatic carbocycles. The van der Waals surface area contributed by atoms with Gasteiger partial charge in [0, 0.05) is 31.0 Å². The first kappa shape index (κ1) is 29.0. The van der Waals surface area contributed by atoms with Gasteiger partial charge in [-0.15, -0.1) is 0 Å². The van der Waals surface area contributed by atoms with Crippen LogP contribution in [-0.2, 0) is 6.18 Å². The number of ether oxygens (including phenoxy) is 1. The number of hydrogen-bond donors (Lipinski definition) is 5. The number of amides is 1. The van der Waals surface area contributed by atoms with Gasteiger partial charge in [0.25, 0.3) is 5.91 Å². The fraction of sp³-hybridized carbons (Fsp3) is 0.452. The Bertz CT molecular complexity index is 1530. The largest absolute Gasteiger partial charge is 0.494 e. The van der Waals surface area contributed by atoms with Gasteiger partial charge in [-0.25, -0.2) is 4.98 Å². The minimum absolute atomic E-state index is 0.0844. The molecule has 43 heavy (non-hydrogen) atoms. The molecule has 0 aliphatic heterocycles. The predicted octanol–water partition coefficient (Wildman–Crippen LogP) is 6.01. The molecule has 3 aromatic rings. The molecular weight excluding hydrogens is 561 g/mol. The van der Waals surface area contributed by atoms with Crippen molar-refractivity contribution in [2.24, 2.45) is 17.8 Å². The highest BCUT2D eigenvalue weighted by molar-refractivity contribution is 6.00. The molecule has 4 saturated carbocycles. The number of halogens is 3. The normalized spacial score (nSPS) is 25.7. The van der Waals surface area contributed by atoms with Crippen LogP contribution in [0.3, 0.4) is 0 Å². The van der Waals surface area contributed by atoms with Crippen molar-refractivity contribution >= 4 is 34.7 Å². The quantitative estimate of drug-likeness (QED) is 0.215. The molecule has 12 heteroatoms. The van der Waals surface area contributed by atoms with Crippen LogP contribution in [0.1, 0.15) is 53.6 Å². The molecule has 2 atom stereocenters. The first-order valence-corrected chi connectivity index (χ1v) is 14.4. The number of anilines is 5. The smallest absolute Gasteiger partial charge is 0.421 e. The van der Waals surface area contributed by atoms with Gasteiger partial charge in [-0.05, 0) is 80.5 Å². The van der Waals surface area contributed by atoms with Crippen LogP contribution >= 0.6 is 0 Å². The molecule has 0 spiro atoms. The molecule has 4 aliphatic rings. The number of alkyl halides is 3. The summed E-state index contributed by atoms with van der Waals surface area (Å²) in [5, 5.41) is 22.8. The summed E-state index contributed by atoms with van der Waals surface area (Å²) >= 11 is 0. The van der Waals surface area contributed by atoms with Crippen molar-refractivity contribution in [3.63, 3.8) is 0 Å². The van der Waals surface area contributed by atoms with Gasteiger partial charge in [-0.1, -0.05) is 12.1 Å². The monoisotopic (exact) mass is 596 g/mol. The van der Waals surface area contributed by atoms with E-state index in [4.69, 9.17) is 4.74 Å². The second-order valence-electron chi connectivity index (χ2n) is 12.1. The Morgan fingerprint density at radius 3 is 2.49 bits per heavy atom. The third-order valence-electron chi connectivity index (χ3n) is 9.10. The van der Waals surface area contributed by atoms with Gasteiger partial charge in [0.05, 0.1) is 29.6 Å². The van der Waals surface area contributed by atoms with Crippen molar-refractivity contribution < 1.29 is 27.8 Å². The maximum Gasteiger partial charge on any atom is 0.421 e. The third kappa shape index (κ3) is 5.67. The molecule has 4 fully saturated rings. The van der Waals surface area contributed by atoms with Crippen LogP contribution in [0.25, 0.3) is 0 Å². The minimum atomic E-state index is -4.74. The Morgan fingerprint density at radius 1 is 1.09 bits per heavy atom. The zero-order chi connectivity index (χ0) is 30.5. The van der Waals surface area contributed by atoms with E-state index in [1.807, 2.05) is 12.1 Å². The summed E-state index contributed by atoms with van der Waals surface area (Å²) in [5.74, 6) is 0.879. The Kier molecular flexibility index (Phi) is 7.35. The zero-order valence-electron chi connectivity index (χ0n) is 24.2. The van der Waals surface area contributed by atoms with Gasteiger partial charge in [0.2, 0.25) is 5.95 Å². The SMILES string of the molecule is CNC(=O)c1cccc(C)c1Nc1nc(Nc2ccc(N[C@H]3C4CC5CC3C[C@@](O)(C5)C4)cc2OC)ncc1C(F)(F)F. The summed E-state index contributed by atoms with van der Waals surface area (Å²) in [5.41, 5.74) is 0.711. The number of benzene rings is 2. The summed E-state index contributed by atoms with van der Waals surface area (Å²) in [4.78, 5) is 20.5. The molecule has 4 aliphatic carbocycles. The number of aromatic nitrogens is 2. The lowest BCUT2D eigenvalue weighted by Gasteiger charge is -2.58. The van der Waals surface area contributed by atoms with Gasteiger partial charge in [0.15, 0.2) is 0 Å². The fourth-order valence-electron chi connectivity index (χ4n) is 7.43. The summed E-state index contributed by atoms with van der Waals surface area (Å²) in [6.45, 7) is 1.69. The van der Waals surface area contributed by atoms with E-state index in [0.29, 0.717) is 41.0 Å². The first-order valence-electron chi connectivity index (χ1n) is 14.4. The van der Waals surface area contributed by atoms with Crippen molar-refractivity contribution in [3.05, 3.63) is 59.3 Å². The van der Waals surface area contributed by atoms with Gasteiger partial charge in [0.1, 0.15) is 17.1 Å². The van der Waals surface area contributed by atoms with Crippen molar-refractivity contribution in [2.45, 2.75) is 56.8 Å². The zero-order valence-corrected chi connectivity index (χ0v) is 24.2. The Labute approximate surface area is 247 Å². The van der Waals surface area contributed by atoms with Crippen LogP contribution in [0.4, 0.5) is 42.0 Å². The molecule has 228 valence electrons. The van der Waals surface area contributed by atoms with Crippen LogP contribution in [0.2, 0.25) is 0 Å². The second kappa shape index (κ2) is 10.9. The lowest BCUT2D eigenvalue weighted by molar-refractivity contribution is -0.137. The van der Waals surface area contributed by atoms with E-state index in [1.54, 1.807) is 25.1 Å². The van der Waals surface area contributed by atoms with Gasteiger partial charge in [-0.2, -0.15) is 18.2 Å². The Hall–Kier alpha value is -4.06. The van der Waals surface area contributed by atoms with Crippen LogP contribution in [0.15, 0.2) is 42.6 Å². The summed E-state index contributed by atoms with van der Waals surface area (Å²) in [7, 11) is 2.96. The van der Waals surface area contributed by atoms with E-state index >= 15 is 0 Å². The molecule has 1 heterocycles. The molecular formula is C31H35F3N6O3. The van der Waals surface area contributed by atoms with Gasteiger partial charge in [-0.3, -0.25) is 4.79 Å². The number of nitrogens with one attached hydrogen (secondary N) is 4. The molecule has 2 unspecified atom stereocenters. The van der Waals surface area contributed by atoms with Gasteiger partial charge < -0.3 is 31.1 Å². The number of rotatable bonds is 8. The molecule has 7 rings (SSSR count). The van der Waals surface area contributed by atoms with Crippen molar-refractivity contribution in [1.82, 2.24) is 15.3 Å². The third-order valence-corrected chi connectivity index (χ3v) is 9.10. The average molecular weight is 597 g/mol. The lowest BCUT2D eigenvalue weighted by atomic mass is 9.52. The average Bonchev–Trinajstić information content (AvgIpc) is 2.95. The second-order valence-corrected chi connectivity index (χ2v) is 12.1. The fourth-order valence-corrected chi connectivity index (χ4v) is 7.43. The number of carbonyl (C=O) groups excluding carboxylic acids is 1. The standard InChI is InChI=1S/C31H35F3N6O3/c1-16-5-4-6-21(28(41)35-2)25(16)39-27-22(31(32,33)34)15-36-29(40-27)38-23-8-7-20(11-24(23)43-3)37-26-18-9-17-10-19(26)14-30(42,12-17)13-18/h4-8,11,15,17-19,26,37,42H,9-10,12-14H2,1-3H3,(H,35,41)(H2,36,38,39,40)/t17?,18?,19?,26-,30+. The number of aliphatic hydroxyl groups is 1. The lowest BCUT2D eigenvalue weighted by Crippen LogP contribution is -2.58. The highest BCUT2D eigenvalue weighted by atomic mass is 19.4. The highest BCUT2D eigenvalue weighted by Crippen LogP contribution is 2.56. The Morgan fingerprint density at radius 2 is 1.84 bits per heavy atom. The van der Waals surface area contributed by atoms with Crippen LogP contribution < -0.4 is 26.0 Å². The van der Waals surface area contributed by atoms with E-state index in [1.165, 1.54) is 20.2 Å². The van der Waals surface area contributed by atoms with Crippen molar-refractivity contribution in [2.75, 3.05) is 30.1 Å². The molecule has 9 nitrogen and oxygen atoms in total. The van der Waals surface area contributed by atoms with E-state index in [0.717, 1.165) is 37.8 Å². The van der Waals surface area contributed by atoms with Crippen LogP contribution in [0, 0.1) is 24.7 Å². The molecule has 0 radical (unpaired) electrons. The molecule has 5 N–H and O–H groups in total. The molecule has 4 bridgehead atoms. The number of methoxy groups -OCH3 is 1. The number of carbonyl (C=O) groups is 1. The first-order chi connectivity index (χ1) is 20.5. The van der Waals surface area contributed by atoms with Crippen LogP contribution in [0.5, 0.6) is 5.75 Å². The maximum absolute atomic E-state index is 14.0. The maximum atomic E-state index is 14.0. The molecule has 1 amide bonds. The molecule has 0 saturated heterocycles. The minimum Gasteiger partial charge on any atom is -0.494 e. The number of para-hydroxylation sites is 1. The van der Waals surface area contributed by atoms with Crippen molar-refractivity contribution in [1.29, 1.82) is 0 Å². The molecule has 1 aromatic heterocycles. The Balaban J connectivity index is 1.25. The number of nitrogens with zero attached hydrogens (tertiary/aromatic N) is 2. The van der Waals surface area contributed by atoms with Gasteiger partial charge >= 0.3 is 6.18 Å². The van der Waals surface area contributed by atoms with E-state index in [-0.39, 0.29) is 23.2 Å². The van der Waals surface area contributed by atoms with Crippen molar-refractivity contribution in [3.8, 4) is 5.75 Å². The topological polar surface area (TPSA) is 120 Å². The number of aryl methyl sites for hydroxylation is 1. The highest BCUT2D eigenvalue weighted by Gasteiger charge is 2.54. The summed E-state index contributed by atoms with van der Waals surface area (Å²) in [6, 6.07) is 10.6. The number of hydrogen-bond acceptors (Lipinski definition) is 8. The van der Waals surface area contributed by atoms with E-state index in [2.05, 4.69) is 31.2 Å². The van der Waals surface area contributed by atoms with Crippen LogP contribution in [-0.4, -0.2) is 46.8 Å².